The van der Waals surface area contributed by atoms with Crippen molar-refractivity contribution in [3.05, 3.63) is 45.5 Å². The van der Waals surface area contributed by atoms with Crippen molar-refractivity contribution in [2.45, 2.75) is 6.54 Å². The minimum Gasteiger partial charge on any atom is -0.295 e. The monoisotopic (exact) mass is 225 g/mol. The average molecular weight is 226 g/mol. The van der Waals surface area contributed by atoms with Crippen LogP contribution in [0.2, 0.25) is 0 Å². The maximum atomic E-state index is 11.5. The number of hydrogen-bond donors (Lipinski definition) is 0. The van der Waals surface area contributed by atoms with Crippen LogP contribution in [0.4, 0.5) is 0 Å². The highest BCUT2D eigenvalue weighted by Crippen LogP contribution is 2.16. The molecule has 0 saturated heterocycles. The fourth-order valence-electron chi connectivity index (χ4n) is 1.33. The van der Waals surface area contributed by atoms with E-state index in [2.05, 4.69) is 0 Å². The fourth-order valence-corrected chi connectivity index (χ4v) is 2.31. The number of fused-ring (bicyclic) bond motifs is 1. The zero-order chi connectivity index (χ0) is 9.97. The number of benzene rings is 1. The normalized spacial score (nSPS) is 11.5. The zero-order valence-electron chi connectivity index (χ0n) is 7.31. The van der Waals surface area contributed by atoms with Crippen LogP contribution in [0.15, 0.2) is 40.7 Å². The molecule has 14 heavy (non-hydrogen) atoms. The first-order valence-electron chi connectivity index (χ1n) is 4.16. The van der Waals surface area contributed by atoms with Crippen LogP contribution in [0.5, 0.6) is 0 Å². The topological polar surface area (TPSA) is 22.0 Å². The van der Waals surface area contributed by atoms with Crippen LogP contribution in [-0.4, -0.2) is 4.57 Å². The molecule has 0 radical (unpaired) electrons. The molecule has 0 aliphatic carbocycles. The number of para-hydroxylation sites is 1. The van der Waals surface area contributed by atoms with E-state index in [1.54, 1.807) is 10.6 Å². The second-order valence-electron chi connectivity index (χ2n) is 2.81. The van der Waals surface area contributed by atoms with Gasteiger partial charge in [-0.1, -0.05) is 41.1 Å². The lowest BCUT2D eigenvalue weighted by Crippen LogP contribution is -2.11. The van der Waals surface area contributed by atoms with E-state index in [0.29, 0.717) is 6.54 Å². The van der Waals surface area contributed by atoms with Crippen LogP contribution < -0.4 is 4.87 Å². The summed E-state index contributed by atoms with van der Waals surface area (Å²) < 4.78 is 2.72. The molecule has 0 atom stereocenters. The number of aromatic nitrogens is 1. The van der Waals surface area contributed by atoms with Gasteiger partial charge in [-0.2, -0.15) is 0 Å². The van der Waals surface area contributed by atoms with Crippen LogP contribution in [0.25, 0.3) is 10.2 Å². The van der Waals surface area contributed by atoms with Gasteiger partial charge in [-0.05, 0) is 12.1 Å². The molecule has 1 heterocycles. The molecular weight excluding hydrogens is 218 g/mol. The quantitative estimate of drug-likeness (QED) is 0.771. The van der Waals surface area contributed by atoms with Crippen molar-refractivity contribution in [3.8, 4) is 0 Å². The predicted molar refractivity (Wildman–Crippen MR) is 61.1 cm³/mol. The highest BCUT2D eigenvalue weighted by molar-refractivity contribution is 7.16. The molecule has 0 aliphatic heterocycles. The molecule has 4 heteroatoms. The van der Waals surface area contributed by atoms with Gasteiger partial charge < -0.3 is 0 Å². The van der Waals surface area contributed by atoms with Gasteiger partial charge in [0.2, 0.25) is 0 Å². The summed E-state index contributed by atoms with van der Waals surface area (Å²) in [5.41, 5.74) is 2.40. The summed E-state index contributed by atoms with van der Waals surface area (Å²) in [6, 6.07) is 7.74. The van der Waals surface area contributed by atoms with E-state index < -0.39 is 0 Å². The minimum atomic E-state index is 0.0565. The predicted octanol–water partition coefficient (Wildman–Crippen LogP) is 2.82. The van der Waals surface area contributed by atoms with Crippen LogP contribution in [0, 0.1) is 0 Å². The van der Waals surface area contributed by atoms with Crippen molar-refractivity contribution in [2.24, 2.45) is 0 Å². The molecule has 1 aromatic heterocycles. The van der Waals surface area contributed by atoms with E-state index in [9.17, 15) is 4.79 Å². The molecule has 0 aliphatic rings. The van der Waals surface area contributed by atoms with Crippen molar-refractivity contribution in [1.82, 2.24) is 4.57 Å². The molecule has 1 aromatic carbocycles. The molecule has 0 spiro atoms. The van der Waals surface area contributed by atoms with E-state index in [1.807, 2.05) is 24.3 Å². The third kappa shape index (κ3) is 1.61. The summed E-state index contributed by atoms with van der Waals surface area (Å²) in [6.45, 7) is 0.534. The first-order valence-corrected chi connectivity index (χ1v) is 5.42. The lowest BCUT2D eigenvalue weighted by Gasteiger charge is -1.97. The van der Waals surface area contributed by atoms with Gasteiger partial charge in [0.05, 0.1) is 10.2 Å². The van der Waals surface area contributed by atoms with Crippen molar-refractivity contribution < 1.29 is 0 Å². The average Bonchev–Trinajstić information content (AvgIpc) is 2.51. The molecule has 0 fully saturated rings. The van der Waals surface area contributed by atoms with E-state index in [4.69, 9.17) is 11.6 Å². The highest BCUT2D eigenvalue weighted by atomic mass is 35.5. The number of thiazole rings is 1. The lowest BCUT2D eigenvalue weighted by molar-refractivity contribution is 0.841. The van der Waals surface area contributed by atoms with Gasteiger partial charge in [-0.3, -0.25) is 9.36 Å². The Morgan fingerprint density at radius 2 is 2.21 bits per heavy atom. The zero-order valence-corrected chi connectivity index (χ0v) is 8.89. The van der Waals surface area contributed by atoms with Crippen LogP contribution >= 0.6 is 22.9 Å². The largest absolute Gasteiger partial charge is 0.308 e. The second-order valence-corrected chi connectivity index (χ2v) is 4.05. The third-order valence-corrected chi connectivity index (χ3v) is 3.09. The smallest absolute Gasteiger partial charge is 0.295 e. The molecule has 2 aromatic rings. The number of allylic oxidation sites excluding steroid dienone is 1. The molecule has 2 nitrogen and oxygen atoms in total. The number of nitrogens with zero attached hydrogens (tertiary/aromatic N) is 1. The molecule has 0 bridgehead atoms. The summed E-state index contributed by atoms with van der Waals surface area (Å²) in [6.07, 6.45) is 1.75. The van der Waals surface area contributed by atoms with Gasteiger partial charge in [-0.15, -0.1) is 0 Å². The van der Waals surface area contributed by atoms with Crippen molar-refractivity contribution in [3.63, 3.8) is 0 Å². The Hall–Kier alpha value is -1.06. The SMILES string of the molecule is O=c1sc2ccccc2n1C/C=C/Cl. The summed E-state index contributed by atoms with van der Waals surface area (Å²) in [7, 11) is 0. The molecule has 0 unspecified atom stereocenters. The maximum Gasteiger partial charge on any atom is 0.308 e. The Labute approximate surface area is 90.1 Å². The standard InChI is InChI=1S/C10H8ClNOS/c11-6-3-7-12-8-4-1-2-5-9(8)14-10(12)13/h1-6H,7H2/b6-3+. The van der Waals surface area contributed by atoms with Crippen molar-refractivity contribution in [2.75, 3.05) is 0 Å². The minimum absolute atomic E-state index is 0.0565. The summed E-state index contributed by atoms with van der Waals surface area (Å²) in [5, 5.41) is 0. The first kappa shape index (κ1) is 9.49. The van der Waals surface area contributed by atoms with Crippen LogP contribution in [-0.2, 0) is 6.54 Å². The molecular formula is C10H8ClNOS. The van der Waals surface area contributed by atoms with E-state index in [1.165, 1.54) is 16.9 Å². The van der Waals surface area contributed by atoms with E-state index in [0.717, 1.165) is 10.2 Å². The van der Waals surface area contributed by atoms with Crippen LogP contribution in [0.1, 0.15) is 0 Å². The Kier molecular flexibility index (Phi) is 2.70. The first-order chi connectivity index (χ1) is 6.83. The fraction of sp³-hybridized carbons (Fsp3) is 0.100. The molecule has 0 amide bonds. The van der Waals surface area contributed by atoms with Crippen molar-refractivity contribution >= 4 is 33.2 Å². The molecule has 0 saturated carbocycles. The van der Waals surface area contributed by atoms with Gasteiger partial charge in [-0.25, -0.2) is 0 Å². The summed E-state index contributed by atoms with van der Waals surface area (Å²) >= 11 is 6.69. The van der Waals surface area contributed by atoms with E-state index >= 15 is 0 Å². The number of hydrogen-bond acceptors (Lipinski definition) is 2. The summed E-state index contributed by atoms with van der Waals surface area (Å²) in [5.74, 6) is 0. The molecule has 72 valence electrons. The van der Waals surface area contributed by atoms with Gasteiger partial charge in [0, 0.05) is 12.1 Å². The van der Waals surface area contributed by atoms with E-state index in [-0.39, 0.29) is 4.87 Å². The Balaban J connectivity index is 2.62. The lowest BCUT2D eigenvalue weighted by atomic mass is 10.3. The number of rotatable bonds is 2. The van der Waals surface area contributed by atoms with Gasteiger partial charge in [0.1, 0.15) is 0 Å². The summed E-state index contributed by atoms with van der Waals surface area (Å²) in [4.78, 5) is 11.6. The Bertz CT molecular complexity index is 526. The molecule has 0 N–H and O–H groups in total. The van der Waals surface area contributed by atoms with Crippen molar-refractivity contribution in [1.29, 1.82) is 0 Å². The second kappa shape index (κ2) is 3.98. The Morgan fingerprint density at radius 3 is 3.00 bits per heavy atom. The Morgan fingerprint density at radius 1 is 1.43 bits per heavy atom. The van der Waals surface area contributed by atoms with Gasteiger partial charge >= 0.3 is 4.87 Å². The van der Waals surface area contributed by atoms with Gasteiger partial charge in [0.25, 0.3) is 0 Å². The highest BCUT2D eigenvalue weighted by Gasteiger charge is 2.03. The van der Waals surface area contributed by atoms with Crippen LogP contribution in [0.3, 0.4) is 0 Å². The third-order valence-electron chi connectivity index (χ3n) is 1.95. The maximum absolute atomic E-state index is 11.5. The molecule has 2 rings (SSSR count). The number of halogens is 1. The van der Waals surface area contributed by atoms with Gasteiger partial charge in [0.15, 0.2) is 0 Å².